The minimum Gasteiger partial charge on any atom is -0.491 e. The van der Waals surface area contributed by atoms with Crippen molar-refractivity contribution in [3.8, 4) is 11.6 Å². The fourth-order valence-electron chi connectivity index (χ4n) is 1.04. The van der Waals surface area contributed by atoms with Crippen molar-refractivity contribution in [2.75, 3.05) is 7.11 Å². The van der Waals surface area contributed by atoms with Gasteiger partial charge in [0.25, 0.3) is 0 Å². The van der Waals surface area contributed by atoms with E-state index in [2.05, 4.69) is 14.5 Å². The van der Waals surface area contributed by atoms with Crippen molar-refractivity contribution in [1.29, 1.82) is 0 Å². The Morgan fingerprint density at radius 3 is 2.56 bits per heavy atom. The molecule has 0 bridgehead atoms. The van der Waals surface area contributed by atoms with Crippen LogP contribution in [0.25, 0.3) is 0 Å². The molecule has 0 fully saturated rings. The molecule has 0 unspecified atom stereocenters. The first-order valence-electron chi connectivity index (χ1n) is 4.04. The van der Waals surface area contributed by atoms with Gasteiger partial charge in [-0.15, -0.1) is 13.2 Å². The van der Waals surface area contributed by atoms with Gasteiger partial charge in [-0.05, 0) is 0 Å². The van der Waals surface area contributed by atoms with Gasteiger partial charge < -0.3 is 19.6 Å². The van der Waals surface area contributed by atoms with E-state index in [1.54, 1.807) is 0 Å². The number of nitrogens with one attached hydrogen (secondary N) is 1. The number of ether oxygens (including phenoxy) is 2. The number of halogens is 3. The van der Waals surface area contributed by atoms with E-state index in [1.165, 1.54) is 7.11 Å². The third-order valence-corrected chi connectivity index (χ3v) is 1.70. The molecule has 0 aliphatic rings. The second kappa shape index (κ2) is 4.44. The van der Waals surface area contributed by atoms with Crippen molar-refractivity contribution in [1.82, 2.24) is 4.98 Å². The highest BCUT2D eigenvalue weighted by Crippen LogP contribution is 2.23. The van der Waals surface area contributed by atoms with Crippen molar-refractivity contribution in [3.63, 3.8) is 0 Å². The molecule has 1 heterocycles. The largest absolute Gasteiger partial charge is 0.574 e. The summed E-state index contributed by atoms with van der Waals surface area (Å²) < 4.78 is 43.9. The van der Waals surface area contributed by atoms with E-state index in [9.17, 15) is 18.0 Å². The Balaban J connectivity index is 3.21. The fourth-order valence-corrected chi connectivity index (χ4v) is 1.04. The first kappa shape index (κ1) is 12.4. The normalized spacial score (nSPS) is 11.3. The standard InChI is InChI=1S/C8H8F3NO4/c1-15-5-2-12-7(16-8(9,10)11)4(3-13)6(5)14/h2,13H,3H2,1H3,(H,12,14). The molecule has 8 heteroatoms. The molecule has 0 radical (unpaired) electrons. The number of aromatic amines is 1. The van der Waals surface area contributed by atoms with Crippen molar-refractivity contribution in [2.45, 2.75) is 13.0 Å². The zero-order valence-electron chi connectivity index (χ0n) is 8.09. The van der Waals surface area contributed by atoms with Crippen molar-refractivity contribution in [2.24, 2.45) is 0 Å². The van der Waals surface area contributed by atoms with Crippen LogP contribution in [0.4, 0.5) is 13.2 Å². The Kier molecular flexibility index (Phi) is 3.43. The van der Waals surface area contributed by atoms with Crippen LogP contribution in [0.2, 0.25) is 0 Å². The van der Waals surface area contributed by atoms with Gasteiger partial charge in [-0.25, -0.2) is 0 Å². The second-order valence-electron chi connectivity index (χ2n) is 2.70. The first-order valence-corrected chi connectivity index (χ1v) is 4.04. The van der Waals surface area contributed by atoms with Crippen LogP contribution in [-0.2, 0) is 6.61 Å². The molecule has 0 saturated carbocycles. The Morgan fingerprint density at radius 1 is 1.50 bits per heavy atom. The number of rotatable bonds is 3. The number of aliphatic hydroxyl groups is 1. The summed E-state index contributed by atoms with van der Waals surface area (Å²) in [7, 11) is 1.18. The molecular formula is C8H8F3NO4. The first-order chi connectivity index (χ1) is 7.39. The molecule has 0 aliphatic heterocycles. The quantitative estimate of drug-likeness (QED) is 0.817. The Hall–Kier alpha value is -1.70. The zero-order chi connectivity index (χ0) is 12.3. The van der Waals surface area contributed by atoms with Crippen LogP contribution in [0.3, 0.4) is 0 Å². The van der Waals surface area contributed by atoms with Crippen LogP contribution >= 0.6 is 0 Å². The predicted octanol–water partition coefficient (Wildman–Crippen LogP) is 0.774. The van der Waals surface area contributed by atoms with Crippen LogP contribution in [0.15, 0.2) is 11.0 Å². The summed E-state index contributed by atoms with van der Waals surface area (Å²) in [4.78, 5) is 13.5. The average Bonchev–Trinajstić information content (AvgIpc) is 2.16. The molecule has 1 aromatic heterocycles. The van der Waals surface area contributed by atoms with E-state index in [-0.39, 0.29) is 5.75 Å². The maximum atomic E-state index is 11.9. The zero-order valence-corrected chi connectivity index (χ0v) is 8.09. The monoisotopic (exact) mass is 239 g/mol. The molecule has 0 atom stereocenters. The number of aliphatic hydroxyl groups excluding tert-OH is 1. The minimum atomic E-state index is -4.94. The summed E-state index contributed by atoms with van der Waals surface area (Å²) in [5.41, 5.74) is -1.40. The van der Waals surface area contributed by atoms with Gasteiger partial charge in [0.2, 0.25) is 11.3 Å². The molecule has 16 heavy (non-hydrogen) atoms. The van der Waals surface area contributed by atoms with E-state index in [1.807, 2.05) is 0 Å². The predicted molar refractivity (Wildman–Crippen MR) is 46.2 cm³/mol. The molecule has 0 aromatic carbocycles. The number of methoxy groups -OCH3 is 1. The number of pyridine rings is 1. The van der Waals surface area contributed by atoms with E-state index < -0.39 is 29.8 Å². The number of alkyl halides is 3. The lowest BCUT2D eigenvalue weighted by Crippen LogP contribution is -2.22. The molecule has 90 valence electrons. The molecule has 0 amide bonds. The summed E-state index contributed by atoms with van der Waals surface area (Å²) in [6, 6.07) is 0. The molecule has 5 nitrogen and oxygen atoms in total. The molecule has 0 saturated heterocycles. The van der Waals surface area contributed by atoms with Gasteiger partial charge in [0, 0.05) is 0 Å². The van der Waals surface area contributed by atoms with Crippen molar-refractivity contribution < 1.29 is 27.8 Å². The lowest BCUT2D eigenvalue weighted by atomic mass is 10.2. The lowest BCUT2D eigenvalue weighted by Gasteiger charge is -2.12. The minimum absolute atomic E-state index is 0.210. The molecule has 1 aromatic rings. The SMILES string of the molecule is COc1c[nH]c(OC(F)(F)F)c(CO)c1=O. The Morgan fingerprint density at radius 2 is 2.12 bits per heavy atom. The van der Waals surface area contributed by atoms with Crippen LogP contribution in [0.5, 0.6) is 11.6 Å². The van der Waals surface area contributed by atoms with Gasteiger partial charge in [-0.3, -0.25) is 4.79 Å². The summed E-state index contributed by atoms with van der Waals surface area (Å²) >= 11 is 0. The topological polar surface area (TPSA) is 71.6 Å². The molecule has 0 spiro atoms. The summed E-state index contributed by atoms with van der Waals surface area (Å²) in [5, 5.41) is 8.79. The van der Waals surface area contributed by atoms with Crippen molar-refractivity contribution in [3.05, 3.63) is 22.0 Å². The second-order valence-corrected chi connectivity index (χ2v) is 2.70. The molecule has 2 N–H and O–H groups in total. The Labute approximate surface area is 87.4 Å². The van der Waals surface area contributed by atoms with E-state index in [0.717, 1.165) is 6.20 Å². The maximum absolute atomic E-state index is 11.9. The van der Waals surface area contributed by atoms with Gasteiger partial charge in [0.15, 0.2) is 5.75 Å². The third kappa shape index (κ3) is 2.66. The highest BCUT2D eigenvalue weighted by Gasteiger charge is 2.33. The molecular weight excluding hydrogens is 231 g/mol. The van der Waals surface area contributed by atoms with Crippen LogP contribution < -0.4 is 14.9 Å². The number of H-pyrrole nitrogens is 1. The van der Waals surface area contributed by atoms with Gasteiger partial charge >= 0.3 is 6.36 Å². The smallest absolute Gasteiger partial charge is 0.491 e. The van der Waals surface area contributed by atoms with Gasteiger partial charge in [-0.1, -0.05) is 0 Å². The van der Waals surface area contributed by atoms with Gasteiger partial charge in [-0.2, -0.15) is 0 Å². The molecule has 0 aliphatic carbocycles. The lowest BCUT2D eigenvalue weighted by molar-refractivity contribution is -0.276. The van der Waals surface area contributed by atoms with Crippen LogP contribution in [0, 0.1) is 0 Å². The van der Waals surface area contributed by atoms with Crippen LogP contribution in [-0.4, -0.2) is 23.6 Å². The van der Waals surface area contributed by atoms with E-state index >= 15 is 0 Å². The van der Waals surface area contributed by atoms with E-state index in [4.69, 9.17) is 5.11 Å². The van der Waals surface area contributed by atoms with E-state index in [0.29, 0.717) is 0 Å². The highest BCUT2D eigenvalue weighted by atomic mass is 19.4. The third-order valence-electron chi connectivity index (χ3n) is 1.70. The van der Waals surface area contributed by atoms with Gasteiger partial charge in [0.05, 0.1) is 25.5 Å². The summed E-state index contributed by atoms with van der Waals surface area (Å²) in [6.45, 7) is -0.891. The Bertz CT molecular complexity index is 426. The number of hydrogen-bond donors (Lipinski definition) is 2. The van der Waals surface area contributed by atoms with Gasteiger partial charge in [0.1, 0.15) is 0 Å². The maximum Gasteiger partial charge on any atom is 0.574 e. The number of aromatic nitrogens is 1. The average molecular weight is 239 g/mol. The molecule has 1 rings (SSSR count). The fraction of sp³-hybridized carbons (Fsp3) is 0.375. The number of hydrogen-bond acceptors (Lipinski definition) is 4. The van der Waals surface area contributed by atoms with Crippen LogP contribution in [0.1, 0.15) is 5.56 Å². The highest BCUT2D eigenvalue weighted by molar-refractivity contribution is 5.33. The van der Waals surface area contributed by atoms with Crippen molar-refractivity contribution >= 4 is 0 Å². The summed E-state index contributed by atoms with van der Waals surface area (Å²) in [5.74, 6) is -1.06. The summed E-state index contributed by atoms with van der Waals surface area (Å²) in [6.07, 6.45) is -4.02.